The molecule has 0 aliphatic heterocycles. The van der Waals surface area contributed by atoms with Gasteiger partial charge in [0, 0.05) is 18.4 Å². The van der Waals surface area contributed by atoms with Crippen molar-refractivity contribution in [3.63, 3.8) is 0 Å². The number of aliphatic imine (C=N–C) groups is 1. The van der Waals surface area contributed by atoms with Gasteiger partial charge in [-0.05, 0) is 51.8 Å². The van der Waals surface area contributed by atoms with Gasteiger partial charge in [0.05, 0.1) is 17.3 Å². The van der Waals surface area contributed by atoms with Gasteiger partial charge in [0.25, 0.3) is 0 Å². The number of methoxy groups -OCH3 is 1. The summed E-state index contributed by atoms with van der Waals surface area (Å²) in [6.07, 6.45) is 1.56. The molecule has 0 radical (unpaired) electrons. The number of halogens is 2. The second-order valence-electron chi connectivity index (χ2n) is 6.10. The highest BCUT2D eigenvalue weighted by atomic mass is 79.9. The molecule has 29 heavy (non-hydrogen) atoms. The number of aromatic nitrogens is 1. The molecule has 3 aromatic rings. The Morgan fingerprint density at radius 1 is 1.31 bits per heavy atom. The molecule has 7 nitrogen and oxygen atoms in total. The maximum atomic E-state index is 13.4. The summed E-state index contributed by atoms with van der Waals surface area (Å²) in [6, 6.07) is 11.4. The zero-order valence-corrected chi connectivity index (χ0v) is 16.9. The fraction of sp³-hybridized carbons (Fsp3) is 0.150. The molecule has 1 aromatic heterocycles. The van der Waals surface area contributed by atoms with Crippen LogP contribution in [0.25, 0.3) is 0 Å². The zero-order valence-electron chi connectivity index (χ0n) is 15.4. The number of benzene rings is 2. The normalized spacial score (nSPS) is 11.4. The molecule has 2 N–H and O–H groups in total. The number of nitrogens with one attached hydrogen (secondary N) is 1. The number of Topliss-reactive ketones (excluding diaryl/α,β-unsaturated/α-hetero) is 1. The summed E-state index contributed by atoms with van der Waals surface area (Å²) >= 11 is 3.08. The lowest BCUT2D eigenvalue weighted by Crippen LogP contribution is -2.22. The fourth-order valence-electron chi connectivity index (χ4n) is 2.68. The van der Waals surface area contributed by atoms with E-state index in [2.05, 4.69) is 26.1 Å². The van der Waals surface area contributed by atoms with Gasteiger partial charge in [-0.1, -0.05) is 17.3 Å². The van der Waals surface area contributed by atoms with Crippen LogP contribution in [0, 0.1) is 5.82 Å². The van der Waals surface area contributed by atoms with E-state index in [1.165, 1.54) is 24.5 Å². The van der Waals surface area contributed by atoms with E-state index in [0.717, 1.165) is 5.56 Å². The smallest absolute Gasteiger partial charge is 0.180 e. The van der Waals surface area contributed by atoms with Crippen molar-refractivity contribution in [2.75, 3.05) is 7.11 Å². The molecule has 0 bridgehead atoms. The molecule has 0 amide bonds. The SMILES string of the molecule is COc1cccc(CC(=O)Cc2conc2C(=Nc2ccc(F)c(Br)c2)NO)c1. The third-order valence-electron chi connectivity index (χ3n) is 4.04. The average molecular weight is 462 g/mol. The number of rotatable bonds is 7. The van der Waals surface area contributed by atoms with Crippen LogP contribution >= 0.6 is 15.9 Å². The molecule has 0 spiro atoms. The van der Waals surface area contributed by atoms with Crippen molar-refractivity contribution in [2.24, 2.45) is 4.99 Å². The molecule has 150 valence electrons. The van der Waals surface area contributed by atoms with Crippen molar-refractivity contribution in [3.05, 3.63) is 75.8 Å². The van der Waals surface area contributed by atoms with Gasteiger partial charge in [0.2, 0.25) is 0 Å². The van der Waals surface area contributed by atoms with Gasteiger partial charge in [-0.3, -0.25) is 15.5 Å². The van der Waals surface area contributed by atoms with Gasteiger partial charge in [-0.25, -0.2) is 9.38 Å². The van der Waals surface area contributed by atoms with Gasteiger partial charge >= 0.3 is 0 Å². The van der Waals surface area contributed by atoms with Gasteiger partial charge in [-0.15, -0.1) is 0 Å². The number of hydrogen-bond donors (Lipinski definition) is 2. The van der Waals surface area contributed by atoms with Crippen molar-refractivity contribution in [1.29, 1.82) is 0 Å². The Bertz CT molecular complexity index is 1050. The molecule has 3 rings (SSSR count). The van der Waals surface area contributed by atoms with Gasteiger partial charge < -0.3 is 9.26 Å². The van der Waals surface area contributed by atoms with Gasteiger partial charge in [-0.2, -0.15) is 0 Å². The van der Waals surface area contributed by atoms with E-state index in [-0.39, 0.29) is 34.6 Å². The Kier molecular flexibility index (Phi) is 6.73. The molecule has 9 heteroatoms. The minimum atomic E-state index is -0.437. The van der Waals surface area contributed by atoms with Gasteiger partial charge in [0.1, 0.15) is 23.6 Å². The number of hydrogen-bond acceptors (Lipinski definition) is 6. The van der Waals surface area contributed by atoms with Crippen LogP contribution in [0.5, 0.6) is 5.75 Å². The molecule has 0 atom stereocenters. The summed E-state index contributed by atoms with van der Waals surface area (Å²) in [4.78, 5) is 16.7. The molecule has 0 saturated heterocycles. The second-order valence-corrected chi connectivity index (χ2v) is 6.96. The minimum Gasteiger partial charge on any atom is -0.497 e. The second kappa shape index (κ2) is 9.44. The molecular weight excluding hydrogens is 445 g/mol. The van der Waals surface area contributed by atoms with E-state index in [0.29, 0.717) is 17.0 Å². The average Bonchev–Trinajstić information content (AvgIpc) is 3.16. The number of carbonyl (C=O) groups is 1. The quantitative estimate of drug-likeness (QED) is 0.313. The van der Waals surface area contributed by atoms with E-state index in [1.54, 1.807) is 19.2 Å². The first-order valence-corrected chi connectivity index (χ1v) is 9.31. The first-order chi connectivity index (χ1) is 14.0. The topological polar surface area (TPSA) is 97.0 Å². The number of amidine groups is 1. The Morgan fingerprint density at radius 2 is 2.14 bits per heavy atom. The Hall–Kier alpha value is -3.04. The highest BCUT2D eigenvalue weighted by molar-refractivity contribution is 9.10. The van der Waals surface area contributed by atoms with Crippen molar-refractivity contribution in [3.8, 4) is 5.75 Å². The third kappa shape index (κ3) is 5.27. The van der Waals surface area contributed by atoms with E-state index >= 15 is 0 Å². The maximum Gasteiger partial charge on any atom is 0.180 e. The molecule has 1 heterocycles. The van der Waals surface area contributed by atoms with E-state index in [9.17, 15) is 14.4 Å². The van der Waals surface area contributed by atoms with Crippen LogP contribution in [-0.2, 0) is 17.6 Å². The Morgan fingerprint density at radius 3 is 2.86 bits per heavy atom. The highest BCUT2D eigenvalue weighted by Gasteiger charge is 2.18. The van der Waals surface area contributed by atoms with Gasteiger partial charge in [0.15, 0.2) is 11.5 Å². The van der Waals surface area contributed by atoms with Crippen LogP contribution in [-0.4, -0.2) is 29.1 Å². The predicted octanol–water partition coefficient (Wildman–Crippen LogP) is 4.00. The summed E-state index contributed by atoms with van der Waals surface area (Å²) in [5, 5.41) is 13.3. The van der Waals surface area contributed by atoms with Crippen molar-refractivity contribution < 1.29 is 23.7 Å². The molecule has 0 aliphatic carbocycles. The first kappa shape index (κ1) is 20.7. The molecule has 0 fully saturated rings. The Balaban J connectivity index is 1.78. The number of carbonyl (C=O) groups excluding carboxylic acids is 1. The van der Waals surface area contributed by atoms with E-state index in [4.69, 9.17) is 9.26 Å². The number of nitrogens with zero attached hydrogens (tertiary/aromatic N) is 2. The van der Waals surface area contributed by atoms with Crippen molar-refractivity contribution >= 4 is 33.2 Å². The van der Waals surface area contributed by atoms with E-state index in [1.807, 2.05) is 17.6 Å². The Labute approximate surface area is 174 Å². The summed E-state index contributed by atoms with van der Waals surface area (Å²) in [7, 11) is 1.56. The lowest BCUT2D eigenvalue weighted by molar-refractivity contribution is -0.117. The lowest BCUT2D eigenvalue weighted by Gasteiger charge is -2.06. The molecule has 0 unspecified atom stereocenters. The molecule has 2 aromatic carbocycles. The summed E-state index contributed by atoms with van der Waals surface area (Å²) in [6.45, 7) is 0. The predicted molar refractivity (Wildman–Crippen MR) is 107 cm³/mol. The fourth-order valence-corrected chi connectivity index (χ4v) is 3.04. The van der Waals surface area contributed by atoms with Crippen LogP contribution in [0.15, 0.2) is 62.7 Å². The van der Waals surface area contributed by atoms with Crippen LogP contribution in [0.2, 0.25) is 0 Å². The first-order valence-electron chi connectivity index (χ1n) is 8.52. The summed E-state index contributed by atoms with van der Waals surface area (Å²) < 4.78 is 23.8. The van der Waals surface area contributed by atoms with Crippen LogP contribution < -0.4 is 10.2 Å². The summed E-state index contributed by atoms with van der Waals surface area (Å²) in [5.74, 6) is 0.129. The summed E-state index contributed by atoms with van der Waals surface area (Å²) in [5.41, 5.74) is 3.79. The monoisotopic (exact) mass is 461 g/mol. The number of ketones is 1. The van der Waals surface area contributed by atoms with E-state index < -0.39 is 5.82 Å². The van der Waals surface area contributed by atoms with Crippen LogP contribution in [0.3, 0.4) is 0 Å². The number of hydroxylamine groups is 1. The lowest BCUT2D eigenvalue weighted by atomic mass is 10.0. The highest BCUT2D eigenvalue weighted by Crippen LogP contribution is 2.23. The maximum absolute atomic E-state index is 13.4. The minimum absolute atomic E-state index is 0.0264. The number of ether oxygens (including phenoxy) is 1. The molecule has 0 saturated carbocycles. The van der Waals surface area contributed by atoms with Crippen molar-refractivity contribution in [1.82, 2.24) is 10.6 Å². The standard InChI is InChI=1S/C20H17BrFN3O4/c1-28-16-4-2-3-12(8-16)7-15(26)9-13-11-29-25-19(13)20(24-27)23-14-5-6-18(22)17(21)10-14/h2-6,8,10-11,27H,7,9H2,1H3,(H,23,24). The largest absolute Gasteiger partial charge is 0.497 e. The van der Waals surface area contributed by atoms with Crippen molar-refractivity contribution in [2.45, 2.75) is 12.8 Å². The van der Waals surface area contributed by atoms with Crippen LogP contribution in [0.1, 0.15) is 16.8 Å². The zero-order chi connectivity index (χ0) is 20.8. The molecular formula is C20H17BrFN3O4. The van der Waals surface area contributed by atoms with Crippen LogP contribution in [0.4, 0.5) is 10.1 Å². The third-order valence-corrected chi connectivity index (χ3v) is 4.65. The molecule has 0 aliphatic rings.